The van der Waals surface area contributed by atoms with Crippen molar-refractivity contribution in [1.29, 1.82) is 0 Å². The Bertz CT molecular complexity index is 159. The second-order valence-corrected chi connectivity index (χ2v) is 4.29. The summed E-state index contributed by atoms with van der Waals surface area (Å²) >= 11 is 0. The first-order valence-corrected chi connectivity index (χ1v) is 5.35. The van der Waals surface area contributed by atoms with Crippen molar-refractivity contribution < 1.29 is 0 Å². The molecule has 0 aliphatic heterocycles. The van der Waals surface area contributed by atoms with Crippen LogP contribution in [-0.4, -0.2) is 6.04 Å². The smallest absolute Gasteiger partial charge is 0.0414 e. The van der Waals surface area contributed by atoms with Crippen molar-refractivity contribution in [2.45, 2.75) is 51.5 Å². The molecule has 0 aromatic rings. The fourth-order valence-corrected chi connectivity index (χ4v) is 2.17. The Kier molecular flexibility index (Phi) is 4.46. The highest BCUT2D eigenvalue weighted by molar-refractivity contribution is 5.00. The van der Waals surface area contributed by atoms with Gasteiger partial charge in [-0.1, -0.05) is 37.8 Å². The van der Waals surface area contributed by atoms with Gasteiger partial charge in [0.05, 0.1) is 0 Å². The second kappa shape index (κ2) is 5.40. The van der Waals surface area contributed by atoms with E-state index in [1.165, 1.54) is 32.1 Å². The summed E-state index contributed by atoms with van der Waals surface area (Å²) in [7, 11) is 0. The van der Waals surface area contributed by atoms with Gasteiger partial charge in [-0.25, -0.2) is 0 Å². The van der Waals surface area contributed by atoms with E-state index >= 15 is 0 Å². The molecule has 13 heavy (non-hydrogen) atoms. The largest absolute Gasteiger partial charge is 0.271 e. The third kappa shape index (κ3) is 3.49. The number of hydrogen-bond acceptors (Lipinski definition) is 2. The molecular formula is C11H22N2. The number of hydrogen-bond donors (Lipinski definition) is 2. The Hall–Kier alpha value is -0.340. The summed E-state index contributed by atoms with van der Waals surface area (Å²) in [5, 5.41) is 0. The van der Waals surface area contributed by atoms with Gasteiger partial charge in [0.1, 0.15) is 0 Å². The van der Waals surface area contributed by atoms with Crippen molar-refractivity contribution in [3.63, 3.8) is 0 Å². The van der Waals surface area contributed by atoms with Crippen molar-refractivity contribution in [3.8, 4) is 0 Å². The first-order chi connectivity index (χ1) is 6.24. The summed E-state index contributed by atoms with van der Waals surface area (Å²) in [5.74, 6) is 6.40. The molecule has 1 atom stereocenters. The van der Waals surface area contributed by atoms with Gasteiger partial charge in [0.2, 0.25) is 0 Å². The quantitative estimate of drug-likeness (QED) is 0.389. The topological polar surface area (TPSA) is 38.0 Å². The summed E-state index contributed by atoms with van der Waals surface area (Å²) in [5.41, 5.74) is 3.98. The van der Waals surface area contributed by atoms with E-state index in [9.17, 15) is 0 Å². The summed E-state index contributed by atoms with van der Waals surface area (Å²) in [4.78, 5) is 0. The van der Waals surface area contributed by atoms with Gasteiger partial charge in [-0.05, 0) is 25.7 Å². The van der Waals surface area contributed by atoms with Crippen LogP contribution in [-0.2, 0) is 0 Å². The number of hydrazine groups is 1. The minimum absolute atomic E-state index is 0.320. The summed E-state index contributed by atoms with van der Waals surface area (Å²) < 4.78 is 0. The average molecular weight is 182 g/mol. The lowest BCUT2D eigenvalue weighted by molar-refractivity contribution is 0.435. The lowest BCUT2D eigenvalue weighted by atomic mass is 9.96. The van der Waals surface area contributed by atoms with Crippen molar-refractivity contribution in [2.75, 3.05) is 0 Å². The Balaban J connectivity index is 2.18. The maximum absolute atomic E-state index is 5.45. The van der Waals surface area contributed by atoms with Crippen LogP contribution in [0.25, 0.3) is 0 Å². The molecule has 0 amide bonds. The standard InChI is InChI=1S/C11H22N2/c1-9(2)11(13-12)8-7-10-5-3-4-6-10/h10-11,13H,1,3-8,12H2,2H3. The van der Waals surface area contributed by atoms with E-state index < -0.39 is 0 Å². The Labute approximate surface area is 81.6 Å². The van der Waals surface area contributed by atoms with Crippen LogP contribution in [0.4, 0.5) is 0 Å². The van der Waals surface area contributed by atoms with Gasteiger partial charge >= 0.3 is 0 Å². The third-order valence-electron chi connectivity index (χ3n) is 3.13. The highest BCUT2D eigenvalue weighted by atomic mass is 15.2. The van der Waals surface area contributed by atoms with Crippen molar-refractivity contribution >= 4 is 0 Å². The molecular weight excluding hydrogens is 160 g/mol. The van der Waals surface area contributed by atoms with Crippen molar-refractivity contribution in [1.82, 2.24) is 5.43 Å². The Morgan fingerprint density at radius 3 is 2.62 bits per heavy atom. The molecule has 1 aliphatic rings. The molecule has 0 spiro atoms. The van der Waals surface area contributed by atoms with Gasteiger partial charge in [-0.15, -0.1) is 0 Å². The fourth-order valence-electron chi connectivity index (χ4n) is 2.17. The summed E-state index contributed by atoms with van der Waals surface area (Å²) in [6, 6.07) is 0.320. The third-order valence-corrected chi connectivity index (χ3v) is 3.13. The lowest BCUT2D eigenvalue weighted by Gasteiger charge is -2.17. The molecule has 1 aliphatic carbocycles. The van der Waals surface area contributed by atoms with Crippen molar-refractivity contribution in [2.24, 2.45) is 11.8 Å². The predicted molar refractivity (Wildman–Crippen MR) is 57.1 cm³/mol. The number of rotatable bonds is 5. The predicted octanol–water partition coefficient (Wildman–Crippen LogP) is 2.36. The zero-order valence-corrected chi connectivity index (χ0v) is 8.68. The minimum atomic E-state index is 0.320. The number of nitrogens with two attached hydrogens (primary N) is 1. The maximum atomic E-state index is 5.45. The van der Waals surface area contributed by atoms with Crippen molar-refractivity contribution in [3.05, 3.63) is 12.2 Å². The molecule has 1 fully saturated rings. The number of nitrogens with one attached hydrogen (secondary N) is 1. The summed E-state index contributed by atoms with van der Waals surface area (Å²) in [6.07, 6.45) is 8.16. The molecule has 1 unspecified atom stereocenters. The zero-order valence-electron chi connectivity index (χ0n) is 8.68. The molecule has 2 nitrogen and oxygen atoms in total. The van der Waals surface area contributed by atoms with Crippen LogP contribution < -0.4 is 11.3 Å². The van der Waals surface area contributed by atoms with Crippen LogP contribution in [0.15, 0.2) is 12.2 Å². The fraction of sp³-hybridized carbons (Fsp3) is 0.818. The van der Waals surface area contributed by atoms with Crippen LogP contribution in [0.1, 0.15) is 45.4 Å². The van der Waals surface area contributed by atoms with E-state index in [1.807, 2.05) is 6.92 Å². The molecule has 0 radical (unpaired) electrons. The molecule has 2 heteroatoms. The van der Waals surface area contributed by atoms with E-state index in [2.05, 4.69) is 12.0 Å². The molecule has 76 valence electrons. The highest BCUT2D eigenvalue weighted by Crippen LogP contribution is 2.29. The van der Waals surface area contributed by atoms with Gasteiger partial charge in [0, 0.05) is 6.04 Å². The van der Waals surface area contributed by atoms with E-state index in [0.717, 1.165) is 17.9 Å². The molecule has 0 bridgehead atoms. The SMILES string of the molecule is C=C(C)C(CCC1CCCC1)NN. The van der Waals surface area contributed by atoms with Gasteiger partial charge in [0.25, 0.3) is 0 Å². The monoisotopic (exact) mass is 182 g/mol. The normalized spacial score (nSPS) is 20.5. The molecule has 0 saturated heterocycles. The van der Waals surface area contributed by atoms with E-state index in [0.29, 0.717) is 6.04 Å². The minimum Gasteiger partial charge on any atom is -0.271 e. The average Bonchev–Trinajstić information content (AvgIpc) is 2.57. The lowest BCUT2D eigenvalue weighted by Crippen LogP contribution is -2.35. The van der Waals surface area contributed by atoms with E-state index in [1.54, 1.807) is 0 Å². The van der Waals surface area contributed by atoms with Gasteiger partial charge in [-0.2, -0.15) is 0 Å². The Morgan fingerprint density at radius 2 is 2.15 bits per heavy atom. The van der Waals surface area contributed by atoms with E-state index in [-0.39, 0.29) is 0 Å². The van der Waals surface area contributed by atoms with Gasteiger partial charge in [0.15, 0.2) is 0 Å². The molecule has 0 heterocycles. The van der Waals surface area contributed by atoms with Crippen LogP contribution in [0, 0.1) is 5.92 Å². The van der Waals surface area contributed by atoms with Gasteiger partial charge in [-0.3, -0.25) is 11.3 Å². The molecule has 1 saturated carbocycles. The Morgan fingerprint density at radius 1 is 1.54 bits per heavy atom. The molecule has 1 rings (SSSR count). The first kappa shape index (κ1) is 10.7. The van der Waals surface area contributed by atoms with Gasteiger partial charge < -0.3 is 0 Å². The zero-order chi connectivity index (χ0) is 9.68. The molecule has 3 N–H and O–H groups in total. The van der Waals surface area contributed by atoms with Crippen LogP contribution >= 0.6 is 0 Å². The first-order valence-electron chi connectivity index (χ1n) is 5.35. The van der Waals surface area contributed by atoms with Crippen LogP contribution in [0.2, 0.25) is 0 Å². The second-order valence-electron chi connectivity index (χ2n) is 4.29. The molecule has 0 aromatic carbocycles. The van der Waals surface area contributed by atoms with E-state index in [4.69, 9.17) is 5.84 Å². The van der Waals surface area contributed by atoms with Crippen LogP contribution in [0.3, 0.4) is 0 Å². The molecule has 0 aromatic heterocycles. The maximum Gasteiger partial charge on any atom is 0.0414 e. The van der Waals surface area contributed by atoms with Crippen LogP contribution in [0.5, 0.6) is 0 Å². The summed E-state index contributed by atoms with van der Waals surface area (Å²) in [6.45, 7) is 5.97. The highest BCUT2D eigenvalue weighted by Gasteiger charge is 2.16.